The number of aryl methyl sites for hydroxylation is 1. The second-order valence-corrected chi connectivity index (χ2v) is 9.92. The van der Waals surface area contributed by atoms with Gasteiger partial charge in [-0.1, -0.05) is 13.8 Å². The van der Waals surface area contributed by atoms with Crippen LogP contribution in [0.2, 0.25) is 0 Å². The lowest BCUT2D eigenvalue weighted by Gasteiger charge is -2.31. The van der Waals surface area contributed by atoms with Gasteiger partial charge in [0.25, 0.3) is 0 Å². The number of aliphatic imine (C=N–C) groups is 1. The van der Waals surface area contributed by atoms with Gasteiger partial charge >= 0.3 is 0 Å². The van der Waals surface area contributed by atoms with E-state index < -0.39 is 0 Å². The predicted octanol–water partition coefficient (Wildman–Crippen LogP) is 3.29. The van der Waals surface area contributed by atoms with Crippen LogP contribution in [0.15, 0.2) is 10.4 Å². The molecule has 1 unspecified atom stereocenters. The first-order chi connectivity index (χ1) is 14.6. The van der Waals surface area contributed by atoms with Gasteiger partial charge < -0.3 is 15.1 Å². The van der Waals surface area contributed by atoms with E-state index in [1.54, 1.807) is 11.3 Å². The van der Waals surface area contributed by atoms with E-state index in [1.165, 1.54) is 49.6 Å². The average molecular weight is 435 g/mol. The lowest BCUT2D eigenvalue weighted by molar-refractivity contribution is 0.179. The summed E-state index contributed by atoms with van der Waals surface area (Å²) in [5.74, 6) is 2.62. The van der Waals surface area contributed by atoms with E-state index in [1.807, 2.05) is 0 Å². The first kappa shape index (κ1) is 23.5. The van der Waals surface area contributed by atoms with Crippen LogP contribution in [-0.2, 0) is 6.54 Å². The van der Waals surface area contributed by atoms with E-state index in [9.17, 15) is 0 Å². The van der Waals surface area contributed by atoms with Gasteiger partial charge in [-0.2, -0.15) is 0 Å². The molecule has 3 heterocycles. The van der Waals surface area contributed by atoms with Gasteiger partial charge in [0.1, 0.15) is 0 Å². The molecule has 0 spiro atoms. The van der Waals surface area contributed by atoms with Crippen LogP contribution in [0.5, 0.6) is 0 Å². The van der Waals surface area contributed by atoms with Gasteiger partial charge in [-0.25, -0.2) is 4.98 Å². The van der Waals surface area contributed by atoms with Gasteiger partial charge in [-0.05, 0) is 71.1 Å². The quantitative estimate of drug-likeness (QED) is 0.477. The van der Waals surface area contributed by atoms with Crippen molar-refractivity contribution in [1.29, 1.82) is 0 Å². The highest BCUT2D eigenvalue weighted by Gasteiger charge is 2.26. The molecule has 7 heteroatoms. The fourth-order valence-corrected chi connectivity index (χ4v) is 5.30. The molecule has 2 fully saturated rings. The Balaban J connectivity index is 1.45. The number of thiazole rings is 1. The number of nitrogens with one attached hydrogen (secondary N) is 1. The number of aromatic nitrogens is 1. The molecular formula is C23H42N6S. The summed E-state index contributed by atoms with van der Waals surface area (Å²) in [6, 6.07) is 0. The summed E-state index contributed by atoms with van der Waals surface area (Å²) >= 11 is 1.76. The van der Waals surface area contributed by atoms with Crippen LogP contribution in [0.1, 0.15) is 50.7 Å². The van der Waals surface area contributed by atoms with Crippen LogP contribution in [-0.4, -0.2) is 84.5 Å². The van der Waals surface area contributed by atoms with Crippen LogP contribution >= 0.6 is 11.3 Å². The molecule has 1 N–H and O–H groups in total. The molecule has 1 aromatic rings. The normalized spacial score (nSPS) is 21.7. The first-order valence-electron chi connectivity index (χ1n) is 12.0. The van der Waals surface area contributed by atoms with Crippen molar-refractivity contribution in [2.45, 2.75) is 53.5 Å². The van der Waals surface area contributed by atoms with E-state index in [0.717, 1.165) is 57.7 Å². The Morgan fingerprint density at radius 2 is 1.90 bits per heavy atom. The number of guanidine groups is 1. The molecule has 170 valence electrons. The maximum absolute atomic E-state index is 5.07. The summed E-state index contributed by atoms with van der Waals surface area (Å²) in [5.41, 5.74) is 1.23. The Morgan fingerprint density at radius 3 is 2.53 bits per heavy atom. The van der Waals surface area contributed by atoms with Crippen LogP contribution < -0.4 is 5.32 Å². The molecule has 0 saturated carbocycles. The third kappa shape index (κ3) is 6.92. The molecule has 1 atom stereocenters. The summed E-state index contributed by atoms with van der Waals surface area (Å²) in [5, 5.41) is 6.93. The lowest BCUT2D eigenvalue weighted by Crippen LogP contribution is -2.41. The summed E-state index contributed by atoms with van der Waals surface area (Å²) in [4.78, 5) is 17.3. The second-order valence-electron chi connectivity index (χ2n) is 8.86. The van der Waals surface area contributed by atoms with Gasteiger partial charge in [0, 0.05) is 44.6 Å². The molecule has 0 amide bonds. The standard InChI is InChI=1S/C23H42N6S/c1-5-24-23(29-13-10-21(16-29)15-27(6-2)7-3)25-14-20-8-11-28(12-9-20)17-22-18-30-19(4)26-22/h18,20-21H,5-17H2,1-4H3,(H,24,25). The van der Waals surface area contributed by atoms with Crippen molar-refractivity contribution in [2.75, 3.05) is 58.9 Å². The molecule has 2 aliphatic heterocycles. The van der Waals surface area contributed by atoms with Gasteiger partial charge in [0.15, 0.2) is 5.96 Å². The summed E-state index contributed by atoms with van der Waals surface area (Å²) in [7, 11) is 0. The first-order valence-corrected chi connectivity index (χ1v) is 12.9. The summed E-state index contributed by atoms with van der Waals surface area (Å²) < 4.78 is 0. The SMILES string of the molecule is CCNC(=NCC1CCN(Cc2csc(C)n2)CC1)N1CCC(CN(CC)CC)C1. The number of rotatable bonds is 9. The molecule has 2 aliphatic rings. The van der Waals surface area contributed by atoms with Gasteiger partial charge in [0.05, 0.1) is 10.7 Å². The van der Waals surface area contributed by atoms with Gasteiger partial charge in [0.2, 0.25) is 0 Å². The number of nitrogens with zero attached hydrogens (tertiary/aromatic N) is 5. The zero-order valence-electron chi connectivity index (χ0n) is 19.6. The van der Waals surface area contributed by atoms with Gasteiger partial charge in [-0.3, -0.25) is 9.89 Å². The largest absolute Gasteiger partial charge is 0.357 e. The summed E-state index contributed by atoms with van der Waals surface area (Å²) in [6.07, 6.45) is 3.78. The van der Waals surface area contributed by atoms with E-state index in [2.05, 4.69) is 58.1 Å². The van der Waals surface area contributed by atoms with Crippen molar-refractivity contribution >= 4 is 17.3 Å². The van der Waals surface area contributed by atoms with Crippen LogP contribution in [0.25, 0.3) is 0 Å². The van der Waals surface area contributed by atoms with Crippen molar-refractivity contribution < 1.29 is 0 Å². The monoisotopic (exact) mass is 434 g/mol. The minimum atomic E-state index is 0.709. The minimum absolute atomic E-state index is 0.709. The molecule has 0 aliphatic carbocycles. The highest BCUT2D eigenvalue weighted by Crippen LogP contribution is 2.21. The third-order valence-corrected chi connectivity index (χ3v) is 7.41. The van der Waals surface area contributed by atoms with E-state index in [0.29, 0.717) is 5.92 Å². The zero-order valence-corrected chi connectivity index (χ0v) is 20.4. The molecule has 30 heavy (non-hydrogen) atoms. The fraction of sp³-hybridized carbons (Fsp3) is 0.826. The predicted molar refractivity (Wildman–Crippen MR) is 128 cm³/mol. The fourth-order valence-electron chi connectivity index (χ4n) is 4.70. The maximum atomic E-state index is 5.07. The Labute approximate surface area is 187 Å². The Hall–Kier alpha value is -1.18. The van der Waals surface area contributed by atoms with Crippen LogP contribution in [0.3, 0.4) is 0 Å². The van der Waals surface area contributed by atoms with Crippen molar-refractivity contribution in [3.05, 3.63) is 16.1 Å². The molecule has 0 bridgehead atoms. The topological polar surface area (TPSA) is 47.0 Å². The molecule has 2 saturated heterocycles. The zero-order chi connectivity index (χ0) is 21.3. The molecule has 0 radical (unpaired) electrons. The third-order valence-electron chi connectivity index (χ3n) is 6.59. The molecule has 3 rings (SSSR count). The highest BCUT2D eigenvalue weighted by molar-refractivity contribution is 7.09. The molecule has 0 aromatic carbocycles. The number of hydrogen-bond donors (Lipinski definition) is 1. The van der Waals surface area contributed by atoms with Crippen LogP contribution in [0.4, 0.5) is 0 Å². The average Bonchev–Trinajstić information content (AvgIpc) is 3.39. The summed E-state index contributed by atoms with van der Waals surface area (Å²) in [6.45, 7) is 19.9. The molecule has 1 aromatic heterocycles. The van der Waals surface area contributed by atoms with E-state index in [4.69, 9.17) is 4.99 Å². The van der Waals surface area contributed by atoms with Crippen molar-refractivity contribution in [2.24, 2.45) is 16.8 Å². The molecule has 6 nitrogen and oxygen atoms in total. The van der Waals surface area contributed by atoms with E-state index >= 15 is 0 Å². The van der Waals surface area contributed by atoms with Crippen LogP contribution in [0, 0.1) is 18.8 Å². The lowest BCUT2D eigenvalue weighted by atomic mass is 9.97. The minimum Gasteiger partial charge on any atom is -0.357 e. The van der Waals surface area contributed by atoms with Crippen molar-refractivity contribution in [1.82, 2.24) is 25.0 Å². The Morgan fingerprint density at radius 1 is 1.17 bits per heavy atom. The number of likely N-dealkylation sites (tertiary alicyclic amines) is 2. The van der Waals surface area contributed by atoms with Gasteiger partial charge in [-0.15, -0.1) is 11.3 Å². The number of hydrogen-bond acceptors (Lipinski definition) is 5. The van der Waals surface area contributed by atoms with Crippen molar-refractivity contribution in [3.8, 4) is 0 Å². The van der Waals surface area contributed by atoms with Crippen molar-refractivity contribution in [3.63, 3.8) is 0 Å². The number of piperidine rings is 1. The second kappa shape index (κ2) is 12.0. The van der Waals surface area contributed by atoms with E-state index in [-0.39, 0.29) is 0 Å². The maximum Gasteiger partial charge on any atom is 0.193 e. The smallest absolute Gasteiger partial charge is 0.193 e. The Bertz CT molecular complexity index is 648. The molecular weight excluding hydrogens is 392 g/mol. The highest BCUT2D eigenvalue weighted by atomic mass is 32.1. The Kier molecular flexibility index (Phi) is 9.40.